The van der Waals surface area contributed by atoms with E-state index < -0.39 is 0 Å². The van der Waals surface area contributed by atoms with Crippen molar-refractivity contribution in [2.75, 3.05) is 25.6 Å². The van der Waals surface area contributed by atoms with Crippen LogP contribution in [0.2, 0.25) is 0 Å². The van der Waals surface area contributed by atoms with E-state index in [2.05, 4.69) is 15.6 Å². The van der Waals surface area contributed by atoms with Crippen LogP contribution in [-0.4, -0.2) is 37.2 Å². The number of hydrogen-bond donors (Lipinski definition) is 2. The number of rotatable bonds is 4. The van der Waals surface area contributed by atoms with Gasteiger partial charge in [-0.1, -0.05) is 0 Å². The van der Waals surface area contributed by atoms with Gasteiger partial charge in [0.2, 0.25) is 0 Å². The average molecular weight is 249 g/mol. The van der Waals surface area contributed by atoms with Crippen molar-refractivity contribution in [1.82, 2.24) is 10.3 Å². The lowest BCUT2D eigenvalue weighted by molar-refractivity contribution is 0.0922. The number of anilines is 1. The van der Waals surface area contributed by atoms with Crippen molar-refractivity contribution in [2.24, 2.45) is 5.92 Å². The molecule has 98 valence electrons. The predicted octanol–water partition coefficient (Wildman–Crippen LogP) is 1.28. The predicted molar refractivity (Wildman–Crippen MR) is 69.6 cm³/mol. The maximum absolute atomic E-state index is 12.1. The first-order valence-electron chi connectivity index (χ1n) is 6.23. The fourth-order valence-corrected chi connectivity index (χ4v) is 2.06. The van der Waals surface area contributed by atoms with E-state index in [1.54, 1.807) is 25.4 Å². The minimum absolute atomic E-state index is 0.0618. The third kappa shape index (κ3) is 2.98. The fraction of sp³-hybridized carbons (Fsp3) is 0.538. The maximum Gasteiger partial charge on any atom is 0.251 e. The highest BCUT2D eigenvalue weighted by atomic mass is 16.5. The van der Waals surface area contributed by atoms with Gasteiger partial charge in [-0.05, 0) is 25.5 Å². The van der Waals surface area contributed by atoms with Crippen molar-refractivity contribution < 1.29 is 9.53 Å². The monoisotopic (exact) mass is 249 g/mol. The van der Waals surface area contributed by atoms with Gasteiger partial charge in [-0.3, -0.25) is 4.79 Å². The van der Waals surface area contributed by atoms with E-state index in [9.17, 15) is 4.79 Å². The molecule has 5 heteroatoms. The van der Waals surface area contributed by atoms with Crippen LogP contribution in [0.3, 0.4) is 0 Å². The summed E-state index contributed by atoms with van der Waals surface area (Å²) in [5, 5.41) is 5.93. The topological polar surface area (TPSA) is 63.2 Å². The molecule has 0 radical (unpaired) electrons. The summed E-state index contributed by atoms with van der Waals surface area (Å²) in [4.78, 5) is 16.2. The molecule has 18 heavy (non-hydrogen) atoms. The normalized spacial score (nSPS) is 20.4. The lowest BCUT2D eigenvalue weighted by Crippen LogP contribution is -2.38. The molecular weight excluding hydrogens is 230 g/mol. The molecule has 2 unspecified atom stereocenters. The number of carbonyl (C=O) groups excluding carboxylic acids is 1. The first kappa shape index (κ1) is 12.8. The second kappa shape index (κ2) is 5.82. The Balaban J connectivity index is 1.97. The Bertz CT molecular complexity index is 416. The van der Waals surface area contributed by atoms with Crippen LogP contribution < -0.4 is 10.6 Å². The van der Waals surface area contributed by atoms with Crippen molar-refractivity contribution in [2.45, 2.75) is 19.4 Å². The van der Waals surface area contributed by atoms with Crippen LogP contribution in [0.25, 0.3) is 0 Å². The fourth-order valence-electron chi connectivity index (χ4n) is 2.06. The van der Waals surface area contributed by atoms with Gasteiger partial charge in [0, 0.05) is 37.4 Å². The lowest BCUT2D eigenvalue weighted by Gasteiger charge is -2.19. The summed E-state index contributed by atoms with van der Waals surface area (Å²) < 4.78 is 5.33. The molecule has 1 aliphatic rings. The first-order valence-corrected chi connectivity index (χ1v) is 6.23. The third-order valence-electron chi connectivity index (χ3n) is 3.31. The molecule has 0 aliphatic carbocycles. The number of amides is 1. The van der Waals surface area contributed by atoms with Gasteiger partial charge in [0.15, 0.2) is 0 Å². The summed E-state index contributed by atoms with van der Waals surface area (Å²) in [5.74, 6) is 1.05. The van der Waals surface area contributed by atoms with Crippen LogP contribution in [0, 0.1) is 5.92 Å². The summed E-state index contributed by atoms with van der Waals surface area (Å²) in [7, 11) is 1.78. The van der Waals surface area contributed by atoms with Crippen molar-refractivity contribution in [3.8, 4) is 0 Å². The Labute approximate surface area is 107 Å². The van der Waals surface area contributed by atoms with Gasteiger partial charge in [-0.25, -0.2) is 4.98 Å². The van der Waals surface area contributed by atoms with Crippen LogP contribution in [0.4, 0.5) is 5.82 Å². The zero-order valence-corrected chi connectivity index (χ0v) is 10.8. The highest BCUT2D eigenvalue weighted by Crippen LogP contribution is 2.17. The van der Waals surface area contributed by atoms with E-state index in [4.69, 9.17) is 4.74 Å². The Morgan fingerprint density at radius 1 is 1.61 bits per heavy atom. The summed E-state index contributed by atoms with van der Waals surface area (Å²) >= 11 is 0. The van der Waals surface area contributed by atoms with Gasteiger partial charge in [0.1, 0.15) is 5.82 Å². The van der Waals surface area contributed by atoms with Gasteiger partial charge in [0.05, 0.1) is 6.61 Å². The third-order valence-corrected chi connectivity index (χ3v) is 3.31. The zero-order chi connectivity index (χ0) is 13.0. The number of hydrogen-bond acceptors (Lipinski definition) is 4. The molecule has 1 saturated heterocycles. The molecule has 5 nitrogen and oxygen atoms in total. The van der Waals surface area contributed by atoms with Gasteiger partial charge >= 0.3 is 0 Å². The average Bonchev–Trinajstić information content (AvgIpc) is 2.92. The van der Waals surface area contributed by atoms with Crippen LogP contribution in [-0.2, 0) is 4.74 Å². The molecule has 0 aromatic carbocycles. The minimum atomic E-state index is -0.0618. The standard InChI is InChI=1S/C13H19N3O2/c1-9(11-4-6-18-8-11)16-13(17)10-3-5-15-12(7-10)14-2/h3,5,7,9,11H,4,6,8H2,1-2H3,(H,14,15)(H,16,17). The highest BCUT2D eigenvalue weighted by molar-refractivity contribution is 5.94. The summed E-state index contributed by atoms with van der Waals surface area (Å²) in [6.07, 6.45) is 2.64. The SMILES string of the molecule is CNc1cc(C(=O)NC(C)C2CCOC2)ccn1. The number of ether oxygens (including phenoxy) is 1. The van der Waals surface area contributed by atoms with Crippen molar-refractivity contribution in [3.05, 3.63) is 23.9 Å². The van der Waals surface area contributed by atoms with Gasteiger partial charge in [0.25, 0.3) is 5.91 Å². The molecular formula is C13H19N3O2. The van der Waals surface area contributed by atoms with Crippen LogP contribution in [0.5, 0.6) is 0 Å². The van der Waals surface area contributed by atoms with Crippen LogP contribution in [0.1, 0.15) is 23.7 Å². The molecule has 1 amide bonds. The summed E-state index contributed by atoms with van der Waals surface area (Å²) in [5.41, 5.74) is 0.625. The summed E-state index contributed by atoms with van der Waals surface area (Å²) in [6.45, 7) is 3.56. The smallest absolute Gasteiger partial charge is 0.251 e. The molecule has 0 saturated carbocycles. The Kier molecular flexibility index (Phi) is 4.15. The molecule has 2 N–H and O–H groups in total. The van der Waals surface area contributed by atoms with Crippen LogP contribution >= 0.6 is 0 Å². The molecule has 2 rings (SSSR count). The Morgan fingerprint density at radius 3 is 3.11 bits per heavy atom. The summed E-state index contributed by atoms with van der Waals surface area (Å²) in [6, 6.07) is 3.59. The second-order valence-corrected chi connectivity index (χ2v) is 4.57. The van der Waals surface area contributed by atoms with Gasteiger partial charge in [-0.2, -0.15) is 0 Å². The Hall–Kier alpha value is -1.62. The Morgan fingerprint density at radius 2 is 2.44 bits per heavy atom. The second-order valence-electron chi connectivity index (χ2n) is 4.57. The largest absolute Gasteiger partial charge is 0.381 e. The first-order chi connectivity index (χ1) is 8.70. The van der Waals surface area contributed by atoms with E-state index >= 15 is 0 Å². The molecule has 0 spiro atoms. The molecule has 1 aliphatic heterocycles. The van der Waals surface area contributed by atoms with E-state index in [1.165, 1.54) is 0 Å². The van der Waals surface area contributed by atoms with Crippen molar-refractivity contribution >= 4 is 11.7 Å². The lowest BCUT2D eigenvalue weighted by atomic mass is 10.0. The quantitative estimate of drug-likeness (QED) is 0.843. The zero-order valence-electron chi connectivity index (χ0n) is 10.8. The van der Waals surface area contributed by atoms with Gasteiger partial charge < -0.3 is 15.4 Å². The minimum Gasteiger partial charge on any atom is -0.381 e. The van der Waals surface area contributed by atoms with Crippen molar-refractivity contribution in [3.63, 3.8) is 0 Å². The van der Waals surface area contributed by atoms with E-state index in [1.807, 2.05) is 6.92 Å². The number of carbonyl (C=O) groups is 1. The number of nitrogens with zero attached hydrogens (tertiary/aromatic N) is 1. The number of pyridine rings is 1. The van der Waals surface area contributed by atoms with E-state index in [0.29, 0.717) is 17.3 Å². The molecule has 1 fully saturated rings. The maximum atomic E-state index is 12.1. The molecule has 0 bridgehead atoms. The van der Waals surface area contributed by atoms with Gasteiger partial charge in [-0.15, -0.1) is 0 Å². The van der Waals surface area contributed by atoms with E-state index in [0.717, 1.165) is 19.6 Å². The highest BCUT2D eigenvalue weighted by Gasteiger charge is 2.23. The number of nitrogens with one attached hydrogen (secondary N) is 2. The molecule has 1 aromatic rings. The van der Waals surface area contributed by atoms with Crippen LogP contribution in [0.15, 0.2) is 18.3 Å². The van der Waals surface area contributed by atoms with E-state index in [-0.39, 0.29) is 11.9 Å². The number of aromatic nitrogens is 1. The van der Waals surface area contributed by atoms with Crippen molar-refractivity contribution in [1.29, 1.82) is 0 Å². The molecule has 2 atom stereocenters. The molecule has 2 heterocycles. The molecule has 1 aromatic heterocycles.